The zero-order valence-electron chi connectivity index (χ0n) is 11.5. The predicted molar refractivity (Wildman–Crippen MR) is 85.1 cm³/mol. The average molecular weight is 338 g/mol. The largest absolute Gasteiger partial charge is 0.301 e. The number of benzene rings is 1. The molecule has 0 saturated heterocycles. The van der Waals surface area contributed by atoms with Crippen molar-refractivity contribution in [3.8, 4) is 0 Å². The van der Waals surface area contributed by atoms with Gasteiger partial charge in [-0.2, -0.15) is 5.10 Å². The third-order valence-electron chi connectivity index (χ3n) is 2.33. The zero-order chi connectivity index (χ0) is 15.9. The van der Waals surface area contributed by atoms with E-state index in [-0.39, 0.29) is 18.2 Å². The van der Waals surface area contributed by atoms with E-state index >= 15 is 0 Å². The summed E-state index contributed by atoms with van der Waals surface area (Å²) in [7, 11) is 0. The molecule has 0 atom stereocenters. The van der Waals surface area contributed by atoms with E-state index in [9.17, 15) is 9.59 Å². The molecule has 0 bridgehead atoms. The van der Waals surface area contributed by atoms with E-state index in [0.717, 1.165) is 16.9 Å². The van der Waals surface area contributed by atoms with Gasteiger partial charge in [-0.15, -0.1) is 10.2 Å². The molecule has 0 aliphatic rings. The van der Waals surface area contributed by atoms with Crippen molar-refractivity contribution in [2.75, 3.05) is 5.32 Å². The van der Waals surface area contributed by atoms with Crippen LogP contribution in [-0.4, -0.2) is 28.2 Å². The number of hydrogen-bond donors (Lipinski definition) is 2. The molecule has 1 aromatic carbocycles. The van der Waals surface area contributed by atoms with E-state index in [2.05, 4.69) is 26.0 Å². The van der Waals surface area contributed by atoms with E-state index in [0.29, 0.717) is 15.2 Å². The summed E-state index contributed by atoms with van der Waals surface area (Å²) in [6.07, 6.45) is 1.55. The summed E-state index contributed by atoms with van der Waals surface area (Å²) < 4.78 is 0. The van der Waals surface area contributed by atoms with Crippen LogP contribution in [0, 0.1) is 0 Å². The second-order valence-corrected chi connectivity index (χ2v) is 5.70. The fraction of sp³-hybridized carbons (Fsp3) is 0.154. The number of nitrogens with one attached hydrogen (secondary N) is 2. The Morgan fingerprint density at radius 1 is 1.32 bits per heavy atom. The molecular formula is C13H12ClN5O2S. The summed E-state index contributed by atoms with van der Waals surface area (Å²) in [4.78, 5) is 22.6. The van der Waals surface area contributed by atoms with Crippen LogP contribution in [-0.2, 0) is 16.0 Å². The van der Waals surface area contributed by atoms with Gasteiger partial charge in [0.15, 0.2) is 0 Å². The topological polar surface area (TPSA) is 96.3 Å². The first-order valence-electron chi connectivity index (χ1n) is 6.20. The molecule has 0 fully saturated rings. The SMILES string of the molecule is CC(=O)Nc1nnc(CC(=O)NN=Cc2ccc(Cl)cc2)s1. The Hall–Kier alpha value is -2.32. The highest BCUT2D eigenvalue weighted by atomic mass is 35.5. The van der Waals surface area contributed by atoms with Gasteiger partial charge >= 0.3 is 0 Å². The fourth-order valence-corrected chi connectivity index (χ4v) is 2.34. The van der Waals surface area contributed by atoms with Crippen LogP contribution in [0.5, 0.6) is 0 Å². The number of aromatic nitrogens is 2. The lowest BCUT2D eigenvalue weighted by Crippen LogP contribution is -2.19. The monoisotopic (exact) mass is 337 g/mol. The minimum absolute atomic E-state index is 0.0369. The van der Waals surface area contributed by atoms with Crippen LogP contribution in [0.2, 0.25) is 5.02 Å². The van der Waals surface area contributed by atoms with Crippen molar-refractivity contribution in [1.29, 1.82) is 0 Å². The third kappa shape index (κ3) is 5.23. The number of hydrazone groups is 1. The lowest BCUT2D eigenvalue weighted by molar-refractivity contribution is -0.120. The highest BCUT2D eigenvalue weighted by Gasteiger charge is 2.09. The Bertz CT molecular complexity index is 699. The Morgan fingerprint density at radius 2 is 2.05 bits per heavy atom. The van der Waals surface area contributed by atoms with E-state index < -0.39 is 0 Å². The second kappa shape index (κ2) is 7.62. The molecule has 9 heteroatoms. The Morgan fingerprint density at radius 3 is 2.73 bits per heavy atom. The molecule has 1 aromatic heterocycles. The van der Waals surface area contributed by atoms with E-state index in [4.69, 9.17) is 11.6 Å². The Balaban J connectivity index is 1.83. The molecular weight excluding hydrogens is 326 g/mol. The molecule has 0 aliphatic carbocycles. The summed E-state index contributed by atoms with van der Waals surface area (Å²) in [5.41, 5.74) is 3.21. The van der Waals surface area contributed by atoms with Crippen molar-refractivity contribution in [2.24, 2.45) is 5.10 Å². The van der Waals surface area contributed by atoms with Crippen LogP contribution < -0.4 is 10.7 Å². The summed E-state index contributed by atoms with van der Waals surface area (Å²) in [6.45, 7) is 1.37. The van der Waals surface area contributed by atoms with Crippen molar-refractivity contribution in [2.45, 2.75) is 13.3 Å². The van der Waals surface area contributed by atoms with Gasteiger partial charge < -0.3 is 5.32 Å². The van der Waals surface area contributed by atoms with Crippen molar-refractivity contribution >= 4 is 46.1 Å². The number of anilines is 1. The van der Waals surface area contributed by atoms with E-state index in [1.165, 1.54) is 13.1 Å². The van der Waals surface area contributed by atoms with Crippen molar-refractivity contribution in [3.63, 3.8) is 0 Å². The van der Waals surface area contributed by atoms with Gasteiger partial charge in [-0.1, -0.05) is 35.1 Å². The molecule has 0 spiro atoms. The van der Waals surface area contributed by atoms with E-state index in [1.807, 2.05) is 0 Å². The molecule has 2 rings (SSSR count). The second-order valence-electron chi connectivity index (χ2n) is 4.20. The van der Waals surface area contributed by atoms with Crippen LogP contribution in [0.25, 0.3) is 0 Å². The molecule has 22 heavy (non-hydrogen) atoms. The standard InChI is InChI=1S/C13H12ClN5O2S/c1-8(20)16-13-19-18-12(22-13)6-11(21)17-15-7-9-2-4-10(14)5-3-9/h2-5,7H,6H2,1H3,(H,17,21)(H,16,19,20). The third-order valence-corrected chi connectivity index (χ3v) is 3.43. The molecule has 2 aromatic rings. The fourth-order valence-electron chi connectivity index (χ4n) is 1.43. The van der Waals surface area contributed by atoms with Crippen LogP contribution in [0.4, 0.5) is 5.13 Å². The van der Waals surface area contributed by atoms with Gasteiger partial charge in [0.1, 0.15) is 5.01 Å². The summed E-state index contributed by atoms with van der Waals surface area (Å²) >= 11 is 6.91. The van der Waals surface area contributed by atoms with Gasteiger partial charge in [-0.25, -0.2) is 5.43 Å². The first-order chi connectivity index (χ1) is 10.5. The maximum Gasteiger partial charge on any atom is 0.247 e. The minimum Gasteiger partial charge on any atom is -0.301 e. The van der Waals surface area contributed by atoms with Gasteiger partial charge in [-0.05, 0) is 17.7 Å². The lowest BCUT2D eigenvalue weighted by atomic mass is 10.2. The number of hydrogen-bond acceptors (Lipinski definition) is 6. The van der Waals surface area contributed by atoms with Gasteiger partial charge in [0.2, 0.25) is 16.9 Å². The molecule has 0 unspecified atom stereocenters. The number of carbonyl (C=O) groups is 2. The van der Waals surface area contributed by atoms with Crippen LogP contribution in [0.1, 0.15) is 17.5 Å². The Kier molecular flexibility index (Phi) is 5.56. The van der Waals surface area contributed by atoms with Crippen molar-refractivity contribution < 1.29 is 9.59 Å². The summed E-state index contributed by atoms with van der Waals surface area (Å²) in [5, 5.41) is 15.4. The maximum absolute atomic E-state index is 11.7. The first-order valence-corrected chi connectivity index (χ1v) is 7.40. The van der Waals surface area contributed by atoms with Gasteiger partial charge in [0, 0.05) is 11.9 Å². The summed E-state index contributed by atoms with van der Waals surface area (Å²) in [6, 6.07) is 7.02. The summed E-state index contributed by atoms with van der Waals surface area (Å²) in [5.74, 6) is -0.560. The first kappa shape index (κ1) is 16.1. The number of amides is 2. The van der Waals surface area contributed by atoms with E-state index in [1.54, 1.807) is 24.3 Å². The average Bonchev–Trinajstić information content (AvgIpc) is 2.87. The Labute approximate surface area is 135 Å². The molecule has 114 valence electrons. The number of rotatable bonds is 5. The highest BCUT2D eigenvalue weighted by Crippen LogP contribution is 2.15. The van der Waals surface area contributed by atoms with Gasteiger partial charge in [-0.3, -0.25) is 9.59 Å². The molecule has 1 heterocycles. The zero-order valence-corrected chi connectivity index (χ0v) is 13.1. The van der Waals surface area contributed by atoms with Crippen molar-refractivity contribution in [3.05, 3.63) is 39.9 Å². The molecule has 2 N–H and O–H groups in total. The van der Waals surface area contributed by atoms with Crippen molar-refractivity contribution in [1.82, 2.24) is 15.6 Å². The molecule has 0 radical (unpaired) electrons. The predicted octanol–water partition coefficient (Wildman–Crippen LogP) is 1.84. The molecule has 2 amide bonds. The quantitative estimate of drug-likeness (QED) is 0.642. The van der Waals surface area contributed by atoms with Gasteiger partial charge in [0.25, 0.3) is 0 Å². The number of carbonyl (C=O) groups excluding carboxylic acids is 2. The molecule has 7 nitrogen and oxygen atoms in total. The molecule has 0 saturated carbocycles. The lowest BCUT2D eigenvalue weighted by Gasteiger charge is -1.96. The minimum atomic E-state index is -0.323. The van der Waals surface area contributed by atoms with Crippen LogP contribution >= 0.6 is 22.9 Å². The normalized spacial score (nSPS) is 10.6. The smallest absolute Gasteiger partial charge is 0.247 e. The number of nitrogens with zero attached hydrogens (tertiary/aromatic N) is 3. The number of halogens is 1. The van der Waals surface area contributed by atoms with Crippen LogP contribution in [0.15, 0.2) is 29.4 Å². The van der Waals surface area contributed by atoms with Gasteiger partial charge in [0.05, 0.1) is 12.6 Å². The molecule has 0 aliphatic heterocycles. The van der Waals surface area contributed by atoms with Crippen LogP contribution in [0.3, 0.4) is 0 Å². The highest BCUT2D eigenvalue weighted by molar-refractivity contribution is 7.15. The maximum atomic E-state index is 11.7.